The molecule has 4 heteroatoms. The minimum Gasteiger partial charge on any atom is -0.368 e. The first kappa shape index (κ1) is 11.4. The van der Waals surface area contributed by atoms with Gasteiger partial charge in [0.25, 0.3) is 0 Å². The Labute approximate surface area is 106 Å². The van der Waals surface area contributed by atoms with Gasteiger partial charge >= 0.3 is 0 Å². The van der Waals surface area contributed by atoms with Crippen molar-refractivity contribution in [1.29, 1.82) is 0 Å². The lowest BCUT2D eigenvalue weighted by atomic mass is 10.1. The molecule has 1 saturated heterocycles. The fraction of sp³-hybridized carbons (Fsp3) is 0.357. The van der Waals surface area contributed by atoms with Gasteiger partial charge in [0, 0.05) is 18.7 Å². The molecule has 0 radical (unpaired) electrons. The molecule has 0 aliphatic carbocycles. The van der Waals surface area contributed by atoms with Crippen molar-refractivity contribution < 1.29 is 4.74 Å². The Kier molecular flexibility index (Phi) is 3.13. The van der Waals surface area contributed by atoms with Gasteiger partial charge in [-0.05, 0) is 12.5 Å². The first-order valence-electron chi connectivity index (χ1n) is 6.28. The monoisotopic (exact) mass is 243 g/mol. The minimum absolute atomic E-state index is 0.0384. The summed E-state index contributed by atoms with van der Waals surface area (Å²) in [5.41, 5.74) is 3.49. The third-order valence-electron chi connectivity index (χ3n) is 3.26. The molecule has 1 aliphatic rings. The van der Waals surface area contributed by atoms with Crippen LogP contribution in [-0.2, 0) is 4.74 Å². The normalized spacial score (nSPS) is 19.9. The summed E-state index contributed by atoms with van der Waals surface area (Å²) >= 11 is 0. The zero-order valence-corrected chi connectivity index (χ0v) is 10.4. The average Bonchev–Trinajstić information content (AvgIpc) is 2.90. The number of aromatic nitrogens is 2. The molecule has 2 N–H and O–H groups in total. The van der Waals surface area contributed by atoms with E-state index in [1.807, 2.05) is 18.3 Å². The van der Waals surface area contributed by atoms with Crippen molar-refractivity contribution in [2.24, 2.45) is 0 Å². The molecular formula is C14H17N3O. The van der Waals surface area contributed by atoms with Crippen molar-refractivity contribution in [3.63, 3.8) is 0 Å². The van der Waals surface area contributed by atoms with Gasteiger partial charge in [-0.15, -0.1) is 0 Å². The lowest BCUT2D eigenvalue weighted by Gasteiger charge is -2.21. The van der Waals surface area contributed by atoms with Gasteiger partial charge in [-0.25, -0.2) is 4.98 Å². The summed E-state index contributed by atoms with van der Waals surface area (Å²) in [5, 5.41) is 3.31. The summed E-state index contributed by atoms with van der Waals surface area (Å²) in [6.45, 7) is 4.59. The molecule has 3 rings (SSSR count). The Morgan fingerprint density at radius 1 is 1.33 bits per heavy atom. The van der Waals surface area contributed by atoms with Crippen LogP contribution in [0.5, 0.6) is 0 Å². The number of morpholine rings is 1. The Balaban J connectivity index is 1.87. The second-order valence-electron chi connectivity index (χ2n) is 4.56. The van der Waals surface area contributed by atoms with Crippen LogP contribution >= 0.6 is 0 Å². The summed E-state index contributed by atoms with van der Waals surface area (Å²) in [4.78, 5) is 7.80. The molecule has 0 bridgehead atoms. The highest BCUT2D eigenvalue weighted by Crippen LogP contribution is 2.23. The van der Waals surface area contributed by atoms with Crippen molar-refractivity contribution in [3.05, 3.63) is 41.9 Å². The second-order valence-corrected chi connectivity index (χ2v) is 4.56. The van der Waals surface area contributed by atoms with E-state index in [0.29, 0.717) is 0 Å². The number of benzene rings is 1. The summed E-state index contributed by atoms with van der Waals surface area (Å²) in [7, 11) is 0. The smallest absolute Gasteiger partial charge is 0.137 e. The summed E-state index contributed by atoms with van der Waals surface area (Å²) in [6, 6.07) is 8.30. The highest BCUT2D eigenvalue weighted by Gasteiger charge is 2.19. The summed E-state index contributed by atoms with van der Waals surface area (Å²) in [6.07, 6.45) is 1.92. The SMILES string of the molecule is Cc1ccccc1-c1cnc(C2CNCCO2)[nH]1. The molecule has 1 aromatic heterocycles. The van der Waals surface area contributed by atoms with E-state index < -0.39 is 0 Å². The van der Waals surface area contributed by atoms with E-state index in [1.54, 1.807) is 0 Å². The molecule has 4 nitrogen and oxygen atoms in total. The van der Waals surface area contributed by atoms with Crippen LogP contribution in [0.15, 0.2) is 30.5 Å². The van der Waals surface area contributed by atoms with Crippen LogP contribution in [0, 0.1) is 6.92 Å². The van der Waals surface area contributed by atoms with Crippen molar-refractivity contribution in [2.45, 2.75) is 13.0 Å². The Hall–Kier alpha value is -1.65. The van der Waals surface area contributed by atoms with E-state index in [2.05, 4.69) is 34.3 Å². The maximum atomic E-state index is 5.69. The highest BCUT2D eigenvalue weighted by atomic mass is 16.5. The molecule has 2 heterocycles. The maximum Gasteiger partial charge on any atom is 0.137 e. The summed E-state index contributed by atoms with van der Waals surface area (Å²) < 4.78 is 5.69. The van der Waals surface area contributed by atoms with Gasteiger partial charge < -0.3 is 15.0 Å². The molecule has 1 unspecified atom stereocenters. The quantitative estimate of drug-likeness (QED) is 0.848. The molecule has 0 saturated carbocycles. The third kappa shape index (κ3) is 2.17. The van der Waals surface area contributed by atoms with Gasteiger partial charge in [-0.3, -0.25) is 0 Å². The lowest BCUT2D eigenvalue weighted by Crippen LogP contribution is -2.33. The molecule has 1 aliphatic heterocycles. The molecule has 2 aromatic rings. The van der Waals surface area contributed by atoms with Crippen LogP contribution in [0.4, 0.5) is 0 Å². The number of ether oxygens (including phenoxy) is 1. The van der Waals surface area contributed by atoms with E-state index in [-0.39, 0.29) is 6.10 Å². The fourth-order valence-corrected chi connectivity index (χ4v) is 2.25. The van der Waals surface area contributed by atoms with Crippen LogP contribution in [0.3, 0.4) is 0 Å². The predicted octanol–water partition coefficient (Wildman–Crippen LogP) is 2.05. The number of imidazole rings is 1. The van der Waals surface area contributed by atoms with Gasteiger partial charge in [0.1, 0.15) is 11.9 Å². The first-order valence-corrected chi connectivity index (χ1v) is 6.28. The number of rotatable bonds is 2. The van der Waals surface area contributed by atoms with Gasteiger partial charge in [0.2, 0.25) is 0 Å². The van der Waals surface area contributed by atoms with Crippen molar-refractivity contribution in [1.82, 2.24) is 15.3 Å². The number of H-pyrrole nitrogens is 1. The second kappa shape index (κ2) is 4.92. The molecule has 0 amide bonds. The van der Waals surface area contributed by atoms with Gasteiger partial charge in [-0.1, -0.05) is 24.3 Å². The van der Waals surface area contributed by atoms with E-state index in [1.165, 1.54) is 11.1 Å². The zero-order valence-electron chi connectivity index (χ0n) is 10.4. The van der Waals surface area contributed by atoms with E-state index in [4.69, 9.17) is 4.74 Å². The number of hydrogen-bond donors (Lipinski definition) is 2. The molecule has 1 aromatic carbocycles. The van der Waals surface area contributed by atoms with Crippen LogP contribution in [0.1, 0.15) is 17.5 Å². The minimum atomic E-state index is 0.0384. The number of aryl methyl sites for hydroxylation is 1. The third-order valence-corrected chi connectivity index (χ3v) is 3.26. The van der Waals surface area contributed by atoms with Crippen LogP contribution in [0.25, 0.3) is 11.3 Å². The van der Waals surface area contributed by atoms with E-state index in [0.717, 1.165) is 31.2 Å². The lowest BCUT2D eigenvalue weighted by molar-refractivity contribution is 0.0227. The van der Waals surface area contributed by atoms with Gasteiger partial charge in [0.15, 0.2) is 0 Å². The van der Waals surface area contributed by atoms with Crippen LogP contribution in [0.2, 0.25) is 0 Å². The summed E-state index contributed by atoms with van der Waals surface area (Å²) in [5.74, 6) is 0.903. The predicted molar refractivity (Wildman–Crippen MR) is 70.3 cm³/mol. The molecule has 18 heavy (non-hydrogen) atoms. The Morgan fingerprint density at radius 2 is 2.22 bits per heavy atom. The van der Waals surface area contributed by atoms with Crippen LogP contribution < -0.4 is 5.32 Å². The van der Waals surface area contributed by atoms with Crippen molar-refractivity contribution in [2.75, 3.05) is 19.7 Å². The molecular weight excluding hydrogens is 226 g/mol. The van der Waals surface area contributed by atoms with Crippen LogP contribution in [-0.4, -0.2) is 29.7 Å². The van der Waals surface area contributed by atoms with Crippen molar-refractivity contribution >= 4 is 0 Å². The number of hydrogen-bond acceptors (Lipinski definition) is 3. The van der Waals surface area contributed by atoms with E-state index in [9.17, 15) is 0 Å². The number of nitrogens with zero attached hydrogens (tertiary/aromatic N) is 1. The van der Waals surface area contributed by atoms with E-state index >= 15 is 0 Å². The molecule has 1 atom stereocenters. The Bertz CT molecular complexity index is 529. The Morgan fingerprint density at radius 3 is 3.00 bits per heavy atom. The van der Waals surface area contributed by atoms with Crippen molar-refractivity contribution in [3.8, 4) is 11.3 Å². The number of nitrogens with one attached hydrogen (secondary N) is 2. The highest BCUT2D eigenvalue weighted by molar-refractivity contribution is 5.62. The van der Waals surface area contributed by atoms with Gasteiger partial charge in [-0.2, -0.15) is 0 Å². The maximum absolute atomic E-state index is 5.69. The molecule has 0 spiro atoms. The molecule has 94 valence electrons. The topological polar surface area (TPSA) is 49.9 Å². The zero-order chi connectivity index (χ0) is 12.4. The standard InChI is InChI=1S/C14H17N3O/c1-10-4-2-3-5-11(10)12-8-16-14(17-12)13-9-15-6-7-18-13/h2-5,8,13,15H,6-7,9H2,1H3,(H,16,17). The van der Waals surface area contributed by atoms with Gasteiger partial charge in [0.05, 0.1) is 18.5 Å². The number of aromatic amines is 1. The first-order chi connectivity index (χ1) is 8.84. The molecule has 1 fully saturated rings. The fourth-order valence-electron chi connectivity index (χ4n) is 2.25. The average molecular weight is 243 g/mol. The largest absolute Gasteiger partial charge is 0.368 e.